The van der Waals surface area contributed by atoms with Crippen LogP contribution in [0.1, 0.15) is 6.92 Å². The second-order valence-corrected chi connectivity index (χ2v) is 4.28. The van der Waals surface area contributed by atoms with Gasteiger partial charge >= 0.3 is 0 Å². The van der Waals surface area contributed by atoms with E-state index in [1.165, 1.54) is 11.5 Å². The number of nitrogens with one attached hydrogen (secondary N) is 1. The standard InChI is InChI=1S/C12H15N3OS/c1-3-16-9-6-4-8(5-7-9)10-11(14-2)12(13)17-15-10/h4-7,14H,3,13H2,1-2H3. The Balaban J connectivity index is 2.33. The average molecular weight is 249 g/mol. The van der Waals surface area contributed by atoms with Gasteiger partial charge in [-0.05, 0) is 42.7 Å². The molecule has 0 radical (unpaired) electrons. The van der Waals surface area contributed by atoms with Crippen LogP contribution >= 0.6 is 11.5 Å². The first-order valence-corrected chi connectivity index (χ1v) is 6.19. The van der Waals surface area contributed by atoms with E-state index in [4.69, 9.17) is 10.5 Å². The molecule has 3 N–H and O–H groups in total. The fourth-order valence-corrected chi connectivity index (χ4v) is 2.29. The summed E-state index contributed by atoms with van der Waals surface area (Å²) in [5.74, 6) is 0.866. The number of nitrogens with zero attached hydrogens (tertiary/aromatic N) is 1. The maximum Gasteiger partial charge on any atom is 0.131 e. The van der Waals surface area contributed by atoms with Gasteiger partial charge < -0.3 is 15.8 Å². The van der Waals surface area contributed by atoms with Crippen molar-refractivity contribution in [1.82, 2.24) is 4.37 Å². The molecule has 2 aromatic rings. The van der Waals surface area contributed by atoms with Gasteiger partial charge in [0.05, 0.1) is 12.3 Å². The molecule has 0 atom stereocenters. The van der Waals surface area contributed by atoms with Crippen molar-refractivity contribution in [3.8, 4) is 17.0 Å². The second-order valence-electron chi connectivity index (χ2n) is 3.48. The van der Waals surface area contributed by atoms with Crippen LogP contribution in [0.25, 0.3) is 11.3 Å². The molecule has 0 aliphatic rings. The monoisotopic (exact) mass is 249 g/mol. The third kappa shape index (κ3) is 2.34. The number of rotatable bonds is 4. The fraction of sp³-hybridized carbons (Fsp3) is 0.250. The van der Waals surface area contributed by atoms with Gasteiger partial charge in [0, 0.05) is 12.6 Å². The lowest BCUT2D eigenvalue weighted by molar-refractivity contribution is 0.340. The number of hydrogen-bond acceptors (Lipinski definition) is 5. The van der Waals surface area contributed by atoms with Crippen LogP contribution < -0.4 is 15.8 Å². The van der Waals surface area contributed by atoms with E-state index in [9.17, 15) is 0 Å². The Bertz CT molecular complexity index is 493. The number of aromatic nitrogens is 1. The lowest BCUT2D eigenvalue weighted by Crippen LogP contribution is -1.94. The third-order valence-corrected chi connectivity index (χ3v) is 3.08. The van der Waals surface area contributed by atoms with Gasteiger partial charge in [-0.1, -0.05) is 0 Å². The predicted octanol–water partition coefficient (Wildman–Crippen LogP) is 2.83. The van der Waals surface area contributed by atoms with Crippen LogP contribution in [-0.2, 0) is 0 Å². The molecule has 0 unspecified atom stereocenters. The maximum absolute atomic E-state index is 5.84. The van der Waals surface area contributed by atoms with Crippen LogP contribution in [0, 0.1) is 0 Å². The summed E-state index contributed by atoms with van der Waals surface area (Å²) in [5, 5.41) is 3.78. The Morgan fingerprint density at radius 1 is 1.35 bits per heavy atom. The van der Waals surface area contributed by atoms with E-state index in [2.05, 4.69) is 9.69 Å². The Morgan fingerprint density at radius 2 is 2.06 bits per heavy atom. The molecule has 0 fully saturated rings. The molecule has 1 heterocycles. The maximum atomic E-state index is 5.84. The Labute approximate surface area is 105 Å². The minimum absolute atomic E-state index is 0.671. The molecule has 1 aromatic carbocycles. The molecule has 0 saturated carbocycles. The van der Waals surface area contributed by atoms with Gasteiger partial charge in [-0.15, -0.1) is 0 Å². The fourth-order valence-electron chi connectivity index (χ4n) is 1.62. The summed E-state index contributed by atoms with van der Waals surface area (Å²) in [4.78, 5) is 0. The van der Waals surface area contributed by atoms with Crippen LogP contribution in [0.2, 0.25) is 0 Å². The Morgan fingerprint density at radius 3 is 2.65 bits per heavy atom. The minimum atomic E-state index is 0.671. The summed E-state index contributed by atoms with van der Waals surface area (Å²) >= 11 is 1.30. The number of ether oxygens (including phenoxy) is 1. The van der Waals surface area contributed by atoms with E-state index >= 15 is 0 Å². The zero-order chi connectivity index (χ0) is 12.3. The molecule has 0 aliphatic heterocycles. The zero-order valence-electron chi connectivity index (χ0n) is 9.86. The van der Waals surface area contributed by atoms with Crippen molar-refractivity contribution in [3.63, 3.8) is 0 Å². The molecule has 17 heavy (non-hydrogen) atoms. The summed E-state index contributed by atoms with van der Waals surface area (Å²) in [6.07, 6.45) is 0. The van der Waals surface area contributed by atoms with Crippen LogP contribution in [0.4, 0.5) is 10.7 Å². The molecule has 5 heteroatoms. The number of nitrogens with two attached hydrogens (primary N) is 1. The summed E-state index contributed by atoms with van der Waals surface area (Å²) in [6, 6.07) is 7.85. The highest BCUT2D eigenvalue weighted by Gasteiger charge is 2.11. The molecule has 4 nitrogen and oxygen atoms in total. The van der Waals surface area contributed by atoms with Crippen molar-refractivity contribution < 1.29 is 4.74 Å². The van der Waals surface area contributed by atoms with Gasteiger partial charge in [-0.3, -0.25) is 0 Å². The first-order valence-electron chi connectivity index (χ1n) is 5.42. The predicted molar refractivity (Wildman–Crippen MR) is 72.7 cm³/mol. The quantitative estimate of drug-likeness (QED) is 0.874. The molecule has 0 saturated heterocycles. The van der Waals surface area contributed by atoms with Gasteiger partial charge in [-0.25, -0.2) is 0 Å². The molecule has 0 spiro atoms. The Hall–Kier alpha value is -1.75. The number of hydrogen-bond donors (Lipinski definition) is 2. The average Bonchev–Trinajstić information content (AvgIpc) is 2.72. The first-order chi connectivity index (χ1) is 8.26. The SMILES string of the molecule is CCOc1ccc(-c2nsc(N)c2NC)cc1. The van der Waals surface area contributed by atoms with E-state index in [1.54, 1.807) is 0 Å². The van der Waals surface area contributed by atoms with Gasteiger partial charge in [0.25, 0.3) is 0 Å². The van der Waals surface area contributed by atoms with E-state index in [1.807, 2.05) is 38.2 Å². The molecule has 1 aromatic heterocycles. The van der Waals surface area contributed by atoms with Crippen molar-refractivity contribution in [1.29, 1.82) is 0 Å². The highest BCUT2D eigenvalue weighted by Crippen LogP contribution is 2.35. The van der Waals surface area contributed by atoms with Gasteiger partial charge in [0.2, 0.25) is 0 Å². The highest BCUT2D eigenvalue weighted by atomic mass is 32.1. The van der Waals surface area contributed by atoms with Crippen LogP contribution in [0.3, 0.4) is 0 Å². The largest absolute Gasteiger partial charge is 0.494 e. The van der Waals surface area contributed by atoms with Crippen LogP contribution in [0.5, 0.6) is 5.75 Å². The van der Waals surface area contributed by atoms with Gasteiger partial charge in [0.15, 0.2) is 0 Å². The van der Waals surface area contributed by atoms with E-state index in [-0.39, 0.29) is 0 Å². The lowest BCUT2D eigenvalue weighted by atomic mass is 10.1. The van der Waals surface area contributed by atoms with E-state index in [0.29, 0.717) is 11.6 Å². The second kappa shape index (κ2) is 5.05. The molecular formula is C12H15N3OS. The van der Waals surface area contributed by atoms with Crippen molar-refractivity contribution >= 4 is 22.2 Å². The molecule has 90 valence electrons. The zero-order valence-corrected chi connectivity index (χ0v) is 10.7. The molecule has 2 rings (SSSR count). The highest BCUT2D eigenvalue weighted by molar-refractivity contribution is 7.11. The van der Waals surface area contributed by atoms with E-state index in [0.717, 1.165) is 22.7 Å². The lowest BCUT2D eigenvalue weighted by Gasteiger charge is -2.05. The molecular weight excluding hydrogens is 234 g/mol. The number of benzene rings is 1. The smallest absolute Gasteiger partial charge is 0.131 e. The van der Waals surface area contributed by atoms with Gasteiger partial charge in [0.1, 0.15) is 16.4 Å². The van der Waals surface area contributed by atoms with Crippen molar-refractivity contribution in [2.45, 2.75) is 6.92 Å². The van der Waals surface area contributed by atoms with Gasteiger partial charge in [-0.2, -0.15) is 4.37 Å². The summed E-state index contributed by atoms with van der Waals surface area (Å²) < 4.78 is 9.75. The summed E-state index contributed by atoms with van der Waals surface area (Å²) in [5.41, 5.74) is 8.64. The topological polar surface area (TPSA) is 60.2 Å². The minimum Gasteiger partial charge on any atom is -0.494 e. The molecule has 0 aliphatic carbocycles. The van der Waals surface area contributed by atoms with E-state index < -0.39 is 0 Å². The molecule has 0 amide bonds. The Kier molecular flexibility index (Phi) is 3.49. The van der Waals surface area contributed by atoms with Crippen molar-refractivity contribution in [2.75, 3.05) is 24.7 Å². The third-order valence-electron chi connectivity index (χ3n) is 2.41. The van der Waals surface area contributed by atoms with Crippen LogP contribution in [0.15, 0.2) is 24.3 Å². The first kappa shape index (κ1) is 11.7. The normalized spacial score (nSPS) is 10.2. The molecule has 0 bridgehead atoms. The summed E-state index contributed by atoms with van der Waals surface area (Å²) in [6.45, 7) is 2.64. The van der Waals surface area contributed by atoms with Crippen molar-refractivity contribution in [2.24, 2.45) is 0 Å². The van der Waals surface area contributed by atoms with Crippen molar-refractivity contribution in [3.05, 3.63) is 24.3 Å². The summed E-state index contributed by atoms with van der Waals surface area (Å²) in [7, 11) is 1.85. The van der Waals surface area contributed by atoms with Crippen LogP contribution in [-0.4, -0.2) is 18.0 Å². The number of anilines is 2. The number of nitrogen functional groups attached to an aromatic ring is 1.